The third-order valence-electron chi connectivity index (χ3n) is 5.32. The lowest BCUT2D eigenvalue weighted by molar-refractivity contribution is 0.477. The molecule has 0 aliphatic rings. The smallest absolute Gasteiger partial charge is 0.210 e. The minimum Gasteiger partial charge on any atom is -0.210 e. The highest BCUT2D eigenvalue weighted by Crippen LogP contribution is 2.50. The molecule has 2 nitrogen and oxygen atoms in total. The van der Waals surface area contributed by atoms with Crippen LogP contribution in [-0.4, -0.2) is 9.79 Å². The van der Waals surface area contributed by atoms with Crippen LogP contribution in [0.5, 0.6) is 0 Å². The normalized spacial score (nSPS) is 12.8. The maximum atomic E-state index is 11.4. The third kappa shape index (κ3) is 4.61. The summed E-state index contributed by atoms with van der Waals surface area (Å²) in [6.07, 6.45) is 0. The van der Waals surface area contributed by atoms with Crippen molar-refractivity contribution in [3.63, 3.8) is 0 Å². The summed E-state index contributed by atoms with van der Waals surface area (Å²) < 4.78 is 0. The van der Waals surface area contributed by atoms with Crippen LogP contribution in [0, 0.1) is 0 Å². The first-order valence-corrected chi connectivity index (χ1v) is 11.8. The van der Waals surface area contributed by atoms with Gasteiger partial charge < -0.3 is 0 Å². The van der Waals surface area contributed by atoms with Crippen molar-refractivity contribution in [2.75, 3.05) is 0 Å². The Bertz CT molecular complexity index is 993. The van der Waals surface area contributed by atoms with Crippen molar-refractivity contribution in [2.24, 2.45) is 0 Å². The molecule has 152 valence electrons. The van der Waals surface area contributed by atoms with Crippen molar-refractivity contribution in [1.82, 2.24) is 0 Å². The van der Waals surface area contributed by atoms with E-state index in [0.29, 0.717) is 10.6 Å². The first kappa shape index (κ1) is 21.7. The zero-order chi connectivity index (χ0) is 21.4. The Balaban J connectivity index is 2.15. The summed E-state index contributed by atoms with van der Waals surface area (Å²) in [6.45, 7) is 12.9. The molecule has 0 atom stereocenters. The first-order chi connectivity index (χ1) is 13.4. The van der Waals surface area contributed by atoms with Gasteiger partial charge in [0.2, 0.25) is 0 Å². The van der Waals surface area contributed by atoms with Gasteiger partial charge in [0.1, 0.15) is 0 Å². The molecule has 0 aliphatic carbocycles. The molecular formula is C26H32O2P+. The van der Waals surface area contributed by atoms with Crippen LogP contribution in [0.2, 0.25) is 0 Å². The molecule has 0 saturated heterocycles. The topological polar surface area (TPSA) is 40.5 Å². The predicted molar refractivity (Wildman–Crippen MR) is 126 cm³/mol. The molecule has 2 N–H and O–H groups in total. The van der Waals surface area contributed by atoms with Crippen molar-refractivity contribution in [3.05, 3.63) is 83.9 Å². The average molecular weight is 408 g/mol. The molecule has 0 aliphatic heterocycles. The van der Waals surface area contributed by atoms with Crippen LogP contribution in [0.15, 0.2) is 72.8 Å². The molecule has 0 heterocycles. The molecule has 0 spiro atoms. The van der Waals surface area contributed by atoms with E-state index in [2.05, 4.69) is 47.6 Å². The SMILES string of the molecule is CC(C)(C)c1ccc([P+](O)(O)c2cccc(-c3ccccc3)c2)c(C(C)(C)C)c1. The van der Waals surface area contributed by atoms with Gasteiger partial charge in [0, 0.05) is 5.56 Å². The van der Waals surface area contributed by atoms with E-state index < -0.39 is 7.72 Å². The molecule has 3 aromatic carbocycles. The van der Waals surface area contributed by atoms with Gasteiger partial charge in [-0.1, -0.05) is 96.1 Å². The molecule has 0 saturated carbocycles. The molecule has 29 heavy (non-hydrogen) atoms. The second-order valence-corrected chi connectivity index (χ2v) is 12.0. The fourth-order valence-electron chi connectivity index (χ4n) is 3.52. The Morgan fingerprint density at radius 2 is 1.24 bits per heavy atom. The fraction of sp³-hybridized carbons (Fsp3) is 0.308. The van der Waals surface area contributed by atoms with E-state index in [1.165, 1.54) is 5.56 Å². The summed E-state index contributed by atoms with van der Waals surface area (Å²) >= 11 is 0. The molecule has 0 amide bonds. The Kier molecular flexibility index (Phi) is 5.75. The Morgan fingerprint density at radius 3 is 1.83 bits per heavy atom. The van der Waals surface area contributed by atoms with Crippen LogP contribution in [0.25, 0.3) is 11.1 Å². The average Bonchev–Trinajstić information content (AvgIpc) is 2.67. The van der Waals surface area contributed by atoms with Crippen molar-refractivity contribution < 1.29 is 9.79 Å². The molecule has 0 aromatic heterocycles. The molecule has 0 unspecified atom stereocenters. The summed E-state index contributed by atoms with van der Waals surface area (Å²) in [5, 5.41) is 1.22. The van der Waals surface area contributed by atoms with Crippen molar-refractivity contribution in [3.8, 4) is 11.1 Å². The Hall–Kier alpha value is -1.99. The molecule has 3 aromatic rings. The molecule has 0 radical (unpaired) electrons. The van der Waals surface area contributed by atoms with Gasteiger partial charge in [-0.05, 0) is 45.7 Å². The highest BCUT2D eigenvalue weighted by Gasteiger charge is 2.44. The third-order valence-corrected chi connectivity index (χ3v) is 7.38. The van der Waals surface area contributed by atoms with Crippen molar-refractivity contribution in [1.29, 1.82) is 0 Å². The van der Waals surface area contributed by atoms with Gasteiger partial charge in [-0.2, -0.15) is 0 Å². The zero-order valence-electron chi connectivity index (χ0n) is 18.3. The number of rotatable bonds is 3. The zero-order valence-corrected chi connectivity index (χ0v) is 19.2. The molecule has 3 rings (SSSR count). The lowest BCUT2D eigenvalue weighted by Gasteiger charge is -2.28. The van der Waals surface area contributed by atoms with Crippen LogP contribution < -0.4 is 10.6 Å². The van der Waals surface area contributed by atoms with E-state index in [-0.39, 0.29) is 10.8 Å². The van der Waals surface area contributed by atoms with Crippen LogP contribution in [0.3, 0.4) is 0 Å². The largest absolute Gasteiger partial charge is 0.333 e. The minimum absolute atomic E-state index is 0.00221. The molecule has 0 fully saturated rings. The van der Waals surface area contributed by atoms with E-state index in [1.807, 2.05) is 66.7 Å². The van der Waals surface area contributed by atoms with E-state index >= 15 is 0 Å². The van der Waals surface area contributed by atoms with Gasteiger partial charge >= 0.3 is 7.72 Å². The Morgan fingerprint density at radius 1 is 0.621 bits per heavy atom. The van der Waals surface area contributed by atoms with Gasteiger partial charge in [0.05, 0.1) is 0 Å². The highest BCUT2D eigenvalue weighted by molar-refractivity contribution is 7.79. The summed E-state index contributed by atoms with van der Waals surface area (Å²) in [5.74, 6) is 0. The maximum Gasteiger partial charge on any atom is 0.333 e. The van der Waals surface area contributed by atoms with E-state index in [0.717, 1.165) is 16.7 Å². The highest BCUT2D eigenvalue weighted by atomic mass is 31.2. The fourth-order valence-corrected chi connectivity index (χ4v) is 5.43. The van der Waals surface area contributed by atoms with Gasteiger partial charge in [0.25, 0.3) is 0 Å². The van der Waals surface area contributed by atoms with Crippen LogP contribution >= 0.6 is 7.72 Å². The predicted octanol–water partition coefficient (Wildman–Crippen LogP) is 5.73. The quantitative estimate of drug-likeness (QED) is 0.544. The second-order valence-electron chi connectivity index (χ2n) is 9.75. The first-order valence-electron chi connectivity index (χ1n) is 10.1. The molecule has 3 heteroatoms. The number of hydrogen-bond donors (Lipinski definition) is 2. The summed E-state index contributed by atoms with van der Waals surface area (Å²) in [6, 6.07) is 23.8. The van der Waals surface area contributed by atoms with Crippen LogP contribution in [0.1, 0.15) is 52.7 Å². The summed E-state index contributed by atoms with van der Waals surface area (Å²) in [4.78, 5) is 22.9. The number of benzene rings is 3. The van der Waals surface area contributed by atoms with E-state index in [1.54, 1.807) is 0 Å². The van der Waals surface area contributed by atoms with Gasteiger partial charge in [0.15, 0.2) is 10.6 Å². The van der Waals surface area contributed by atoms with E-state index in [9.17, 15) is 9.79 Å². The summed E-state index contributed by atoms with van der Waals surface area (Å²) in [5.41, 5.74) is 4.03. The molecule has 0 bridgehead atoms. The summed E-state index contributed by atoms with van der Waals surface area (Å²) in [7, 11) is -3.50. The van der Waals surface area contributed by atoms with Crippen molar-refractivity contribution in [2.45, 2.75) is 52.4 Å². The lowest BCUT2D eigenvalue weighted by atomic mass is 9.81. The maximum absolute atomic E-state index is 11.4. The monoisotopic (exact) mass is 407 g/mol. The van der Waals surface area contributed by atoms with Gasteiger partial charge in [-0.25, -0.2) is 9.79 Å². The standard InChI is InChI=1S/C26H32O2P/c1-25(2,3)21-15-16-24(23(18-21)26(4,5)6)29(27,28)22-14-10-13-20(17-22)19-11-8-7-9-12-19/h7-18,27-28H,1-6H3/q+1. The van der Waals surface area contributed by atoms with E-state index in [4.69, 9.17) is 0 Å². The van der Waals surface area contributed by atoms with Gasteiger partial charge in [-0.15, -0.1) is 0 Å². The minimum atomic E-state index is -3.50. The number of hydrogen-bond acceptors (Lipinski definition) is 2. The van der Waals surface area contributed by atoms with Gasteiger partial charge in [-0.3, -0.25) is 0 Å². The van der Waals surface area contributed by atoms with Crippen molar-refractivity contribution >= 4 is 18.3 Å². The van der Waals surface area contributed by atoms with Crippen LogP contribution in [0.4, 0.5) is 0 Å². The lowest BCUT2D eigenvalue weighted by Crippen LogP contribution is -2.31. The van der Waals surface area contributed by atoms with Crippen LogP contribution in [-0.2, 0) is 10.8 Å². The Labute approximate surface area is 175 Å². The molecular weight excluding hydrogens is 375 g/mol. The second kappa shape index (κ2) is 7.69.